The number of phenolic OH excluding ortho intramolecular Hbond substituents is 1. The van der Waals surface area contributed by atoms with E-state index in [2.05, 4.69) is 53.7 Å². The molecule has 4 rings (SSSR count). The molecule has 0 amide bonds. The monoisotopic (exact) mass is 399 g/mol. The molecular weight excluding hydrogens is 370 g/mol. The molecule has 1 heterocycles. The van der Waals surface area contributed by atoms with Crippen LogP contribution in [-0.4, -0.2) is 20.1 Å². The maximum Gasteiger partial charge on any atom is 0.123 e. The van der Waals surface area contributed by atoms with E-state index in [1.165, 1.54) is 5.56 Å². The minimum Gasteiger partial charge on any atom is -0.507 e. The molecule has 0 saturated heterocycles. The average molecular weight is 400 g/mol. The highest BCUT2D eigenvalue weighted by molar-refractivity contribution is 5.83. The molecule has 0 aliphatic heterocycles. The molecule has 3 aromatic carbocycles. The molecule has 0 fully saturated rings. The van der Waals surface area contributed by atoms with Crippen LogP contribution in [0.2, 0.25) is 0 Å². The Hall–Kier alpha value is -3.14. The van der Waals surface area contributed by atoms with Crippen LogP contribution >= 0.6 is 0 Å². The van der Waals surface area contributed by atoms with Crippen molar-refractivity contribution in [2.75, 3.05) is 0 Å². The van der Waals surface area contributed by atoms with Gasteiger partial charge in [0.2, 0.25) is 0 Å². The molecule has 0 unspecified atom stereocenters. The van der Waals surface area contributed by atoms with Crippen molar-refractivity contribution in [2.45, 2.75) is 52.4 Å². The lowest BCUT2D eigenvalue weighted by Gasteiger charge is -2.29. The molecular formula is C26H29N3O. The van der Waals surface area contributed by atoms with Crippen LogP contribution in [0.25, 0.3) is 27.8 Å². The normalized spacial score (nSPS) is 12.5. The molecule has 0 radical (unpaired) electrons. The van der Waals surface area contributed by atoms with Gasteiger partial charge >= 0.3 is 0 Å². The number of hydrogen-bond donors (Lipinski definition) is 1. The fourth-order valence-corrected chi connectivity index (χ4v) is 3.74. The Kier molecular flexibility index (Phi) is 4.69. The standard InChI is InChI=1S/C26H29N3O/c1-25(2,3)17-15-19(26(4,5)6)24(18-11-7-10-14-23(18)30)22(16-17)29-27-20-12-8-9-13-21(20)28-29/h7-16,30H,1-6H3. The summed E-state index contributed by atoms with van der Waals surface area (Å²) in [5, 5.41) is 20.3. The fraction of sp³-hybridized carbons (Fsp3) is 0.308. The van der Waals surface area contributed by atoms with Gasteiger partial charge in [-0.05, 0) is 46.2 Å². The van der Waals surface area contributed by atoms with Crippen LogP contribution in [0.1, 0.15) is 52.7 Å². The first-order valence-corrected chi connectivity index (χ1v) is 10.4. The SMILES string of the molecule is CC(C)(C)c1cc(-n2nc3ccccc3n2)c(-c2ccccc2O)c(C(C)(C)C)c1. The molecule has 4 aromatic rings. The highest BCUT2D eigenvalue weighted by Crippen LogP contribution is 2.43. The van der Waals surface area contributed by atoms with Crippen LogP contribution in [0.3, 0.4) is 0 Å². The first kappa shape index (κ1) is 20.1. The Morgan fingerprint density at radius 1 is 0.733 bits per heavy atom. The van der Waals surface area contributed by atoms with Crippen molar-refractivity contribution in [3.63, 3.8) is 0 Å². The highest BCUT2D eigenvalue weighted by atomic mass is 16.3. The van der Waals surface area contributed by atoms with Crippen LogP contribution < -0.4 is 0 Å². The van der Waals surface area contributed by atoms with Gasteiger partial charge in [0.1, 0.15) is 16.8 Å². The molecule has 0 bridgehead atoms. The van der Waals surface area contributed by atoms with Crippen LogP contribution in [0.4, 0.5) is 0 Å². The van der Waals surface area contributed by atoms with E-state index < -0.39 is 0 Å². The van der Waals surface area contributed by atoms with E-state index in [0.717, 1.165) is 33.4 Å². The van der Waals surface area contributed by atoms with Crippen molar-refractivity contribution in [1.82, 2.24) is 15.0 Å². The molecule has 154 valence electrons. The van der Waals surface area contributed by atoms with E-state index in [1.54, 1.807) is 10.9 Å². The number of nitrogens with zero attached hydrogens (tertiary/aromatic N) is 3. The average Bonchev–Trinajstić information content (AvgIpc) is 3.10. The van der Waals surface area contributed by atoms with Gasteiger partial charge in [0, 0.05) is 11.1 Å². The van der Waals surface area contributed by atoms with Crippen molar-refractivity contribution in [3.05, 3.63) is 71.8 Å². The quantitative estimate of drug-likeness (QED) is 0.425. The Morgan fingerprint density at radius 3 is 1.83 bits per heavy atom. The van der Waals surface area contributed by atoms with Crippen molar-refractivity contribution in [3.8, 4) is 22.6 Å². The smallest absolute Gasteiger partial charge is 0.123 e. The first-order valence-electron chi connectivity index (χ1n) is 10.4. The number of rotatable bonds is 2. The van der Waals surface area contributed by atoms with Crippen LogP contribution in [0, 0.1) is 0 Å². The number of para-hydroxylation sites is 1. The molecule has 0 aliphatic rings. The molecule has 1 aromatic heterocycles. The second kappa shape index (κ2) is 6.98. The predicted molar refractivity (Wildman–Crippen MR) is 123 cm³/mol. The third-order valence-corrected chi connectivity index (χ3v) is 5.47. The second-order valence-corrected chi connectivity index (χ2v) is 9.91. The van der Waals surface area contributed by atoms with Gasteiger partial charge in [0.15, 0.2) is 0 Å². The summed E-state index contributed by atoms with van der Waals surface area (Å²) in [5.74, 6) is 0.254. The summed E-state index contributed by atoms with van der Waals surface area (Å²) in [5.41, 5.74) is 6.52. The number of aromatic hydroxyl groups is 1. The summed E-state index contributed by atoms with van der Waals surface area (Å²) >= 11 is 0. The third-order valence-electron chi connectivity index (χ3n) is 5.47. The maximum atomic E-state index is 10.7. The zero-order valence-electron chi connectivity index (χ0n) is 18.6. The summed E-state index contributed by atoms with van der Waals surface area (Å²) in [4.78, 5) is 1.72. The van der Waals surface area contributed by atoms with E-state index in [1.807, 2.05) is 42.5 Å². The van der Waals surface area contributed by atoms with E-state index in [-0.39, 0.29) is 16.6 Å². The maximum absolute atomic E-state index is 10.7. The van der Waals surface area contributed by atoms with Gasteiger partial charge in [-0.15, -0.1) is 15.0 Å². The van der Waals surface area contributed by atoms with Crippen LogP contribution in [-0.2, 0) is 10.8 Å². The van der Waals surface area contributed by atoms with Crippen molar-refractivity contribution in [1.29, 1.82) is 0 Å². The number of phenols is 1. The van der Waals surface area contributed by atoms with Crippen LogP contribution in [0.15, 0.2) is 60.7 Å². The van der Waals surface area contributed by atoms with E-state index in [4.69, 9.17) is 10.2 Å². The van der Waals surface area contributed by atoms with Gasteiger partial charge in [-0.1, -0.05) is 77.9 Å². The van der Waals surface area contributed by atoms with Gasteiger partial charge < -0.3 is 5.11 Å². The van der Waals surface area contributed by atoms with Gasteiger partial charge in [0.25, 0.3) is 0 Å². The second-order valence-electron chi connectivity index (χ2n) is 9.91. The third kappa shape index (κ3) is 3.58. The minimum absolute atomic E-state index is 0.0431. The van der Waals surface area contributed by atoms with Gasteiger partial charge in [0.05, 0.1) is 5.69 Å². The molecule has 4 heteroatoms. The van der Waals surface area contributed by atoms with Gasteiger partial charge in [-0.2, -0.15) is 0 Å². The molecule has 4 nitrogen and oxygen atoms in total. The highest BCUT2D eigenvalue weighted by Gasteiger charge is 2.28. The van der Waals surface area contributed by atoms with Crippen molar-refractivity contribution >= 4 is 11.0 Å². The van der Waals surface area contributed by atoms with E-state index in [0.29, 0.717) is 0 Å². The largest absolute Gasteiger partial charge is 0.507 e. The number of benzene rings is 3. The van der Waals surface area contributed by atoms with Gasteiger partial charge in [-0.25, -0.2) is 0 Å². The zero-order chi connectivity index (χ0) is 21.7. The van der Waals surface area contributed by atoms with Crippen molar-refractivity contribution in [2.24, 2.45) is 0 Å². The van der Waals surface area contributed by atoms with E-state index >= 15 is 0 Å². The molecule has 0 saturated carbocycles. The Balaban J connectivity index is 2.14. The van der Waals surface area contributed by atoms with Gasteiger partial charge in [-0.3, -0.25) is 0 Å². The lowest BCUT2D eigenvalue weighted by molar-refractivity contribution is 0.477. The summed E-state index contributed by atoms with van der Waals surface area (Å²) in [6, 6.07) is 19.8. The zero-order valence-corrected chi connectivity index (χ0v) is 18.6. The van der Waals surface area contributed by atoms with Crippen molar-refractivity contribution < 1.29 is 5.11 Å². The molecule has 1 N–H and O–H groups in total. The predicted octanol–water partition coefficient (Wildman–Crippen LogP) is 6.39. The Bertz CT molecular complexity index is 1190. The Morgan fingerprint density at radius 2 is 1.30 bits per heavy atom. The number of aromatic nitrogens is 3. The Labute approximate surface area is 178 Å². The molecule has 0 aliphatic carbocycles. The summed E-state index contributed by atoms with van der Waals surface area (Å²) in [7, 11) is 0. The lowest BCUT2D eigenvalue weighted by Crippen LogP contribution is -2.20. The number of hydrogen-bond acceptors (Lipinski definition) is 3. The minimum atomic E-state index is -0.139. The lowest BCUT2D eigenvalue weighted by atomic mass is 9.76. The summed E-state index contributed by atoms with van der Waals surface area (Å²) < 4.78 is 0. The topological polar surface area (TPSA) is 50.9 Å². The summed E-state index contributed by atoms with van der Waals surface area (Å²) in [6.45, 7) is 13.3. The molecule has 30 heavy (non-hydrogen) atoms. The fourth-order valence-electron chi connectivity index (χ4n) is 3.74. The molecule has 0 atom stereocenters. The summed E-state index contributed by atoms with van der Waals surface area (Å²) in [6.07, 6.45) is 0. The van der Waals surface area contributed by atoms with Crippen LogP contribution in [0.5, 0.6) is 5.75 Å². The number of fused-ring (bicyclic) bond motifs is 1. The van der Waals surface area contributed by atoms with E-state index in [9.17, 15) is 5.11 Å². The first-order chi connectivity index (χ1) is 14.1. The molecule has 0 spiro atoms.